The number of rotatable bonds is 5. The Labute approximate surface area is 189 Å². The molecule has 2 bridgehead atoms. The van der Waals surface area contributed by atoms with E-state index >= 15 is 0 Å². The second-order valence-corrected chi connectivity index (χ2v) is 9.21. The molecule has 1 aromatic heterocycles. The average molecular weight is 427 g/mol. The van der Waals surface area contributed by atoms with E-state index in [1.54, 1.807) is 6.08 Å². The zero-order valence-corrected chi connectivity index (χ0v) is 18.8. The molecule has 3 aliphatic rings. The molecule has 32 heavy (non-hydrogen) atoms. The normalized spacial score (nSPS) is 20.1. The number of carbonyl (C=O) groups excluding carboxylic acids is 1. The molecule has 0 atom stereocenters. The zero-order valence-electron chi connectivity index (χ0n) is 18.8. The first kappa shape index (κ1) is 20.6. The summed E-state index contributed by atoms with van der Waals surface area (Å²) in [4.78, 5) is 21.9. The molecule has 6 rings (SSSR count). The van der Waals surface area contributed by atoms with Crippen LogP contribution in [0.5, 0.6) is 0 Å². The van der Waals surface area contributed by atoms with Gasteiger partial charge in [0.05, 0.1) is 5.52 Å². The lowest BCUT2D eigenvalue weighted by molar-refractivity contribution is -0.111. The van der Waals surface area contributed by atoms with E-state index < -0.39 is 0 Å². The standard InChI is InChI=1S/C27H30N4O/c1-30(2)23-10-3-19(4-11-23)7-16-27(32)28-22-9-14-25-21(17-22)8-15-26(29-25)31-18-20-5-12-24(31)13-6-20/h3-4,7-11,14-17,20,24H,5-6,12-13,18H2,1-2H3,(H,28,32)/b16-7+. The number of aromatic nitrogens is 1. The molecule has 3 heterocycles. The second-order valence-electron chi connectivity index (χ2n) is 9.21. The molecule has 5 heteroatoms. The lowest BCUT2D eigenvalue weighted by Crippen LogP contribution is -2.48. The lowest BCUT2D eigenvalue weighted by atomic mass is 9.80. The van der Waals surface area contributed by atoms with Crippen molar-refractivity contribution in [3.8, 4) is 0 Å². The van der Waals surface area contributed by atoms with Crippen LogP contribution in [0.1, 0.15) is 31.2 Å². The minimum absolute atomic E-state index is 0.144. The third-order valence-electron chi connectivity index (χ3n) is 6.78. The topological polar surface area (TPSA) is 48.5 Å². The first-order valence-electron chi connectivity index (χ1n) is 11.5. The van der Waals surface area contributed by atoms with Gasteiger partial charge in [0, 0.05) is 49.5 Å². The van der Waals surface area contributed by atoms with Crippen LogP contribution in [-0.2, 0) is 4.79 Å². The largest absolute Gasteiger partial charge is 0.378 e. The van der Waals surface area contributed by atoms with E-state index in [1.165, 1.54) is 25.7 Å². The van der Waals surface area contributed by atoms with Gasteiger partial charge in [0.2, 0.25) is 5.91 Å². The van der Waals surface area contributed by atoms with Gasteiger partial charge < -0.3 is 15.1 Å². The molecule has 1 amide bonds. The average Bonchev–Trinajstić information content (AvgIpc) is 2.83. The van der Waals surface area contributed by atoms with Crippen molar-refractivity contribution in [2.45, 2.75) is 31.7 Å². The van der Waals surface area contributed by atoms with Crippen LogP contribution in [0.2, 0.25) is 0 Å². The van der Waals surface area contributed by atoms with E-state index in [9.17, 15) is 4.79 Å². The summed E-state index contributed by atoms with van der Waals surface area (Å²) in [6.45, 7) is 1.14. The first-order chi connectivity index (χ1) is 15.5. The molecule has 1 N–H and O–H groups in total. The maximum Gasteiger partial charge on any atom is 0.248 e. The number of benzene rings is 2. The van der Waals surface area contributed by atoms with Gasteiger partial charge in [0.25, 0.3) is 0 Å². The smallest absolute Gasteiger partial charge is 0.248 e. The Kier molecular flexibility index (Phi) is 5.56. The van der Waals surface area contributed by atoms with E-state index in [0.717, 1.165) is 46.1 Å². The second kappa shape index (κ2) is 8.65. The maximum absolute atomic E-state index is 12.4. The van der Waals surface area contributed by atoms with Crippen molar-refractivity contribution < 1.29 is 4.79 Å². The number of piperidine rings is 2. The van der Waals surface area contributed by atoms with Crippen molar-refractivity contribution in [1.82, 2.24) is 4.98 Å². The summed E-state index contributed by atoms with van der Waals surface area (Å²) in [6, 6.07) is 18.9. The number of carbonyl (C=O) groups is 1. The molecule has 0 spiro atoms. The number of hydrogen-bond donors (Lipinski definition) is 1. The van der Waals surface area contributed by atoms with Crippen LogP contribution in [-0.4, -0.2) is 37.6 Å². The molecule has 2 aliphatic heterocycles. The Morgan fingerprint density at radius 3 is 2.50 bits per heavy atom. The molecular weight excluding hydrogens is 396 g/mol. The van der Waals surface area contributed by atoms with E-state index in [0.29, 0.717) is 6.04 Å². The first-order valence-corrected chi connectivity index (χ1v) is 11.5. The summed E-state index contributed by atoms with van der Waals surface area (Å²) in [7, 11) is 4.02. The molecule has 0 radical (unpaired) electrons. The Morgan fingerprint density at radius 1 is 1.03 bits per heavy atom. The fourth-order valence-electron chi connectivity index (χ4n) is 4.94. The van der Waals surface area contributed by atoms with Gasteiger partial charge in [-0.3, -0.25) is 4.79 Å². The summed E-state index contributed by atoms with van der Waals surface area (Å²) in [5.74, 6) is 1.77. The summed E-state index contributed by atoms with van der Waals surface area (Å²) < 4.78 is 0. The molecule has 2 saturated heterocycles. The highest BCUT2D eigenvalue weighted by Crippen LogP contribution is 2.37. The third kappa shape index (κ3) is 4.33. The number of nitrogens with zero attached hydrogens (tertiary/aromatic N) is 3. The van der Waals surface area contributed by atoms with E-state index in [1.807, 2.05) is 67.5 Å². The number of hydrogen-bond acceptors (Lipinski definition) is 4. The van der Waals surface area contributed by atoms with Crippen LogP contribution in [0.3, 0.4) is 0 Å². The van der Waals surface area contributed by atoms with Crippen molar-refractivity contribution in [3.05, 3.63) is 66.2 Å². The zero-order chi connectivity index (χ0) is 22.1. The summed E-state index contributed by atoms with van der Waals surface area (Å²) in [6.07, 6.45) is 8.73. The molecule has 0 unspecified atom stereocenters. The molecule has 1 saturated carbocycles. The van der Waals surface area contributed by atoms with Gasteiger partial charge >= 0.3 is 0 Å². The number of anilines is 3. The van der Waals surface area contributed by atoms with E-state index in [4.69, 9.17) is 4.98 Å². The molecule has 3 aromatic rings. The fourth-order valence-corrected chi connectivity index (χ4v) is 4.94. The number of nitrogens with one attached hydrogen (secondary N) is 1. The Bertz CT molecular complexity index is 1140. The Hall–Kier alpha value is -3.34. The Balaban J connectivity index is 1.26. The van der Waals surface area contributed by atoms with Crippen LogP contribution in [0.25, 0.3) is 17.0 Å². The predicted molar refractivity (Wildman–Crippen MR) is 133 cm³/mol. The van der Waals surface area contributed by atoms with E-state index in [-0.39, 0.29) is 5.91 Å². The van der Waals surface area contributed by atoms with Crippen molar-refractivity contribution >= 4 is 40.1 Å². The third-order valence-corrected chi connectivity index (χ3v) is 6.78. The van der Waals surface area contributed by atoms with Crippen molar-refractivity contribution in [2.24, 2.45) is 5.92 Å². The van der Waals surface area contributed by atoms with Gasteiger partial charge in [0.15, 0.2) is 0 Å². The predicted octanol–water partition coefficient (Wildman–Crippen LogP) is 5.33. The van der Waals surface area contributed by atoms with Crippen molar-refractivity contribution in [2.75, 3.05) is 35.8 Å². The summed E-state index contributed by atoms with van der Waals surface area (Å²) in [5.41, 5.74) is 3.87. The van der Waals surface area contributed by atoms with Crippen molar-refractivity contribution in [1.29, 1.82) is 0 Å². The fraction of sp³-hybridized carbons (Fsp3) is 0.333. The molecule has 5 nitrogen and oxygen atoms in total. The van der Waals surface area contributed by atoms with Gasteiger partial charge in [-0.15, -0.1) is 0 Å². The summed E-state index contributed by atoms with van der Waals surface area (Å²) >= 11 is 0. The highest BCUT2D eigenvalue weighted by atomic mass is 16.1. The van der Waals surface area contributed by atoms with Crippen LogP contribution in [0.15, 0.2) is 60.7 Å². The van der Waals surface area contributed by atoms with Crippen molar-refractivity contribution in [3.63, 3.8) is 0 Å². The highest BCUT2D eigenvalue weighted by Gasteiger charge is 2.34. The van der Waals surface area contributed by atoms with Crippen LogP contribution in [0, 0.1) is 5.92 Å². The number of pyridine rings is 1. The van der Waals surface area contributed by atoms with Gasteiger partial charge in [0.1, 0.15) is 5.82 Å². The molecular formula is C27H30N4O. The monoisotopic (exact) mass is 426 g/mol. The minimum Gasteiger partial charge on any atom is -0.378 e. The number of amides is 1. The number of fused-ring (bicyclic) bond motifs is 4. The lowest BCUT2D eigenvalue weighted by Gasteiger charge is -2.46. The van der Waals surface area contributed by atoms with Crippen LogP contribution < -0.4 is 15.1 Å². The molecule has 164 valence electrons. The van der Waals surface area contributed by atoms with E-state index in [2.05, 4.69) is 22.3 Å². The minimum atomic E-state index is -0.144. The van der Waals surface area contributed by atoms with Gasteiger partial charge in [-0.05, 0) is 85.7 Å². The van der Waals surface area contributed by atoms with Crippen LogP contribution in [0.4, 0.5) is 17.2 Å². The Morgan fingerprint density at radius 2 is 1.81 bits per heavy atom. The molecule has 2 aromatic carbocycles. The van der Waals surface area contributed by atoms with Crippen LogP contribution >= 0.6 is 0 Å². The summed E-state index contributed by atoms with van der Waals surface area (Å²) in [5, 5.41) is 4.00. The quantitative estimate of drug-likeness (QED) is 0.560. The SMILES string of the molecule is CN(C)c1ccc(/C=C/C(=O)Nc2ccc3nc(N4CC5CCC4CC5)ccc3c2)cc1. The van der Waals surface area contributed by atoms with Gasteiger partial charge in [-0.25, -0.2) is 4.98 Å². The highest BCUT2D eigenvalue weighted by molar-refractivity contribution is 6.03. The molecule has 1 aliphatic carbocycles. The molecule has 3 fully saturated rings. The maximum atomic E-state index is 12.4. The van der Waals surface area contributed by atoms with Gasteiger partial charge in [-0.1, -0.05) is 12.1 Å². The van der Waals surface area contributed by atoms with Gasteiger partial charge in [-0.2, -0.15) is 0 Å².